The number of benzene rings is 1. The molecule has 0 saturated heterocycles. The van der Waals surface area contributed by atoms with Crippen LogP contribution in [0.2, 0.25) is 0 Å². The van der Waals surface area contributed by atoms with Crippen LogP contribution in [0.5, 0.6) is 0 Å². The maximum Gasteiger partial charge on any atom is 0.241 e. The summed E-state index contributed by atoms with van der Waals surface area (Å²) in [6.45, 7) is 0. The maximum atomic E-state index is 12.1. The van der Waals surface area contributed by atoms with E-state index in [1.54, 1.807) is 12.1 Å². The Labute approximate surface area is 117 Å². The van der Waals surface area contributed by atoms with Gasteiger partial charge in [0.25, 0.3) is 0 Å². The van der Waals surface area contributed by atoms with Crippen LogP contribution in [0.1, 0.15) is 0 Å². The lowest BCUT2D eigenvalue weighted by Crippen LogP contribution is -2.35. The van der Waals surface area contributed by atoms with Crippen molar-refractivity contribution in [2.75, 3.05) is 12.0 Å². The summed E-state index contributed by atoms with van der Waals surface area (Å²) < 4.78 is 48.9. The lowest BCUT2D eigenvalue weighted by Gasteiger charge is -2.11. The zero-order valence-electron chi connectivity index (χ0n) is 10.1. The third-order valence-corrected chi connectivity index (χ3v) is 6.25. The molecule has 0 aromatic heterocycles. The lowest BCUT2D eigenvalue weighted by atomic mass is 10.4. The van der Waals surface area contributed by atoms with Gasteiger partial charge in [0.2, 0.25) is 10.0 Å². The summed E-state index contributed by atoms with van der Waals surface area (Å²) >= 11 is 1.52. The summed E-state index contributed by atoms with van der Waals surface area (Å²) in [6, 6.07) is 5.72. The Morgan fingerprint density at radius 1 is 1.26 bits per heavy atom. The van der Waals surface area contributed by atoms with Crippen LogP contribution in [-0.4, -0.2) is 34.9 Å². The van der Waals surface area contributed by atoms with Crippen molar-refractivity contribution >= 4 is 31.6 Å². The molecule has 0 unspecified atom stereocenters. The molecule has 19 heavy (non-hydrogen) atoms. The number of hydrogen-bond acceptors (Lipinski definition) is 5. The Balaban J connectivity index is 2.17. The first-order valence-electron chi connectivity index (χ1n) is 5.40. The maximum absolute atomic E-state index is 12.1. The lowest BCUT2D eigenvalue weighted by molar-refractivity contribution is 0.575. The van der Waals surface area contributed by atoms with Crippen LogP contribution in [-0.2, 0) is 19.9 Å². The number of hydrogen-bond donors (Lipinski definition) is 1. The smallest absolute Gasteiger partial charge is 0.224 e. The van der Waals surface area contributed by atoms with Gasteiger partial charge in [-0.25, -0.2) is 21.6 Å². The van der Waals surface area contributed by atoms with Gasteiger partial charge in [0.1, 0.15) is 0 Å². The molecule has 2 rings (SSSR count). The van der Waals surface area contributed by atoms with Crippen LogP contribution < -0.4 is 4.72 Å². The first-order valence-corrected chi connectivity index (χ1v) is 9.82. The zero-order chi connectivity index (χ0) is 14.1. The average molecular weight is 319 g/mol. The number of sulfonamides is 1. The average Bonchev–Trinajstić information content (AvgIpc) is 2.68. The number of thioether (sulfide) groups is 1. The first-order chi connectivity index (χ1) is 8.82. The van der Waals surface area contributed by atoms with Crippen molar-refractivity contribution in [2.45, 2.75) is 15.8 Å². The van der Waals surface area contributed by atoms with E-state index >= 15 is 0 Å². The van der Waals surface area contributed by atoms with Crippen LogP contribution in [0.3, 0.4) is 0 Å². The molecule has 0 fully saturated rings. The third kappa shape index (κ3) is 3.59. The second kappa shape index (κ2) is 5.28. The van der Waals surface area contributed by atoms with E-state index in [1.807, 2.05) is 6.26 Å². The summed E-state index contributed by atoms with van der Waals surface area (Å²) in [6.07, 6.45) is 3.25. The van der Waals surface area contributed by atoms with E-state index in [-0.39, 0.29) is 10.6 Å². The van der Waals surface area contributed by atoms with Crippen molar-refractivity contribution in [3.8, 4) is 0 Å². The Hall–Kier alpha value is -0.830. The molecule has 1 aromatic rings. The molecular weight excluding hydrogens is 306 g/mol. The molecule has 0 aliphatic carbocycles. The molecule has 1 aliphatic heterocycles. The number of nitrogens with one attached hydrogen (secondary N) is 1. The summed E-state index contributed by atoms with van der Waals surface area (Å²) in [7, 11) is -6.97. The van der Waals surface area contributed by atoms with Gasteiger partial charge < -0.3 is 0 Å². The second-order valence-corrected chi connectivity index (χ2v) is 8.59. The fourth-order valence-corrected chi connectivity index (χ4v) is 4.61. The first kappa shape index (κ1) is 14.6. The predicted molar refractivity (Wildman–Crippen MR) is 75.3 cm³/mol. The van der Waals surface area contributed by atoms with Gasteiger partial charge >= 0.3 is 0 Å². The molecule has 1 aromatic carbocycles. The highest BCUT2D eigenvalue weighted by atomic mass is 32.2. The van der Waals surface area contributed by atoms with Crippen LogP contribution in [0.25, 0.3) is 0 Å². The van der Waals surface area contributed by atoms with E-state index in [1.165, 1.54) is 30.0 Å². The van der Waals surface area contributed by atoms with Crippen molar-refractivity contribution in [3.63, 3.8) is 0 Å². The second-order valence-electron chi connectivity index (χ2n) is 4.06. The minimum atomic E-state index is -3.69. The van der Waals surface area contributed by atoms with Gasteiger partial charge in [0, 0.05) is 10.3 Å². The fourth-order valence-electron chi connectivity index (χ4n) is 1.67. The van der Waals surface area contributed by atoms with Crippen LogP contribution in [0, 0.1) is 0 Å². The van der Waals surface area contributed by atoms with E-state index in [4.69, 9.17) is 0 Å². The highest BCUT2D eigenvalue weighted by Gasteiger charge is 2.26. The molecule has 1 N–H and O–H groups in total. The van der Waals surface area contributed by atoms with Crippen molar-refractivity contribution in [3.05, 3.63) is 35.7 Å². The standard InChI is InChI=1S/C11H13NO4S3/c1-17-10-2-4-11(5-3-10)19(15,16)12-9-6-7-18(13,14)8-9/h2-7,9,12H,8H2,1H3/t9-/m0/s1. The van der Waals surface area contributed by atoms with Crippen LogP contribution in [0.15, 0.2) is 45.5 Å². The number of rotatable bonds is 4. The van der Waals surface area contributed by atoms with Crippen molar-refractivity contribution in [1.29, 1.82) is 0 Å². The van der Waals surface area contributed by atoms with Gasteiger partial charge in [0.15, 0.2) is 9.84 Å². The molecule has 1 heterocycles. The summed E-state index contributed by atoms with van der Waals surface area (Å²) in [4.78, 5) is 1.09. The van der Waals surface area contributed by atoms with Crippen LogP contribution >= 0.6 is 11.8 Å². The van der Waals surface area contributed by atoms with E-state index in [0.29, 0.717) is 0 Å². The molecule has 0 radical (unpaired) electrons. The van der Waals surface area contributed by atoms with E-state index in [0.717, 1.165) is 10.3 Å². The van der Waals surface area contributed by atoms with Crippen molar-refractivity contribution in [2.24, 2.45) is 0 Å². The largest absolute Gasteiger partial charge is 0.241 e. The normalized spacial score (nSPS) is 21.6. The molecular formula is C11H13NO4S3. The fraction of sp³-hybridized carbons (Fsp3) is 0.273. The molecule has 0 saturated carbocycles. The Morgan fingerprint density at radius 3 is 2.37 bits per heavy atom. The van der Waals surface area contributed by atoms with Crippen molar-refractivity contribution in [1.82, 2.24) is 4.72 Å². The SMILES string of the molecule is CSc1ccc(S(=O)(=O)N[C@H]2C=CS(=O)(=O)C2)cc1. The van der Waals surface area contributed by atoms with Gasteiger partial charge in [-0.15, -0.1) is 11.8 Å². The quantitative estimate of drug-likeness (QED) is 0.837. The topological polar surface area (TPSA) is 80.3 Å². The van der Waals surface area contributed by atoms with Crippen LogP contribution in [0.4, 0.5) is 0 Å². The predicted octanol–water partition coefficient (Wildman–Crippen LogP) is 0.998. The minimum Gasteiger partial charge on any atom is -0.224 e. The van der Waals surface area contributed by atoms with Gasteiger partial charge in [0.05, 0.1) is 16.7 Å². The van der Waals surface area contributed by atoms with Gasteiger partial charge in [-0.1, -0.05) is 6.08 Å². The van der Waals surface area contributed by atoms with E-state index in [9.17, 15) is 16.8 Å². The Morgan fingerprint density at radius 2 is 1.89 bits per heavy atom. The highest BCUT2D eigenvalue weighted by molar-refractivity contribution is 7.98. The van der Waals surface area contributed by atoms with Gasteiger partial charge in [-0.3, -0.25) is 0 Å². The summed E-state index contributed by atoms with van der Waals surface area (Å²) in [5, 5.41) is 1.04. The molecule has 0 amide bonds. The molecule has 0 spiro atoms. The molecule has 104 valence electrons. The summed E-state index contributed by atoms with van der Waals surface area (Å²) in [5.74, 6) is -0.227. The zero-order valence-corrected chi connectivity index (χ0v) is 12.6. The minimum absolute atomic E-state index is 0.128. The molecule has 5 nitrogen and oxygen atoms in total. The van der Waals surface area contributed by atoms with E-state index in [2.05, 4.69) is 4.72 Å². The number of sulfone groups is 1. The molecule has 0 bridgehead atoms. The molecule has 1 aliphatic rings. The van der Waals surface area contributed by atoms with Gasteiger partial charge in [-0.2, -0.15) is 0 Å². The third-order valence-electron chi connectivity index (χ3n) is 2.61. The molecule has 8 heteroatoms. The monoisotopic (exact) mass is 319 g/mol. The Kier molecular flexibility index (Phi) is 4.05. The van der Waals surface area contributed by atoms with E-state index < -0.39 is 25.9 Å². The van der Waals surface area contributed by atoms with Crippen molar-refractivity contribution < 1.29 is 16.8 Å². The Bertz CT molecular complexity index is 690. The highest BCUT2D eigenvalue weighted by Crippen LogP contribution is 2.18. The van der Waals surface area contributed by atoms with Gasteiger partial charge in [-0.05, 0) is 30.5 Å². The summed E-state index contributed by atoms with van der Waals surface area (Å²) in [5.41, 5.74) is 0. The molecule has 1 atom stereocenters.